The molecule has 4 rings (SSSR count). The van der Waals surface area contributed by atoms with Crippen LogP contribution in [-0.4, -0.2) is 28.4 Å². The summed E-state index contributed by atoms with van der Waals surface area (Å²) < 4.78 is 1.78. The number of rotatable bonds is 3. The summed E-state index contributed by atoms with van der Waals surface area (Å²) in [5, 5.41) is 7.56. The van der Waals surface area contributed by atoms with Crippen molar-refractivity contribution in [2.75, 3.05) is 16.8 Å². The number of anilines is 3. The molecule has 0 aliphatic carbocycles. The SMILES string of the molecule is Cc1cc(C(=O)Nc2ccc(C)c(N3CC=Nc4ccccc43)c2)n(C(C)(C)C)n1. The second-order valence-electron chi connectivity index (χ2n) is 8.62. The van der Waals surface area contributed by atoms with E-state index in [1.807, 2.05) is 76.4 Å². The number of amides is 1. The van der Waals surface area contributed by atoms with Crippen LogP contribution in [0.4, 0.5) is 22.7 Å². The summed E-state index contributed by atoms with van der Waals surface area (Å²) in [6.07, 6.45) is 1.91. The number of nitrogens with one attached hydrogen (secondary N) is 1. The van der Waals surface area contributed by atoms with E-state index in [2.05, 4.69) is 33.3 Å². The second kappa shape index (κ2) is 7.44. The molecule has 0 atom stereocenters. The molecule has 1 N–H and O–H groups in total. The number of hydrogen-bond acceptors (Lipinski definition) is 4. The van der Waals surface area contributed by atoms with Crippen molar-refractivity contribution in [2.45, 2.75) is 40.2 Å². The Morgan fingerprint density at radius 3 is 2.57 bits per heavy atom. The molecular weight excluding hydrogens is 374 g/mol. The van der Waals surface area contributed by atoms with Gasteiger partial charge in [0.15, 0.2) is 0 Å². The molecule has 2 aromatic carbocycles. The van der Waals surface area contributed by atoms with Crippen molar-refractivity contribution in [1.29, 1.82) is 0 Å². The lowest BCUT2D eigenvalue weighted by molar-refractivity contribution is 0.100. The molecule has 2 heterocycles. The summed E-state index contributed by atoms with van der Waals surface area (Å²) in [5.41, 5.74) is 6.04. The Kier molecular flexibility index (Phi) is 4.94. The van der Waals surface area contributed by atoms with Crippen LogP contribution in [0.2, 0.25) is 0 Å². The maximum absolute atomic E-state index is 13.1. The molecule has 1 aromatic heterocycles. The molecule has 0 bridgehead atoms. The number of fused-ring (bicyclic) bond motifs is 1. The van der Waals surface area contributed by atoms with Crippen LogP contribution < -0.4 is 10.2 Å². The van der Waals surface area contributed by atoms with Crippen LogP contribution in [0.25, 0.3) is 0 Å². The number of hydrogen-bond donors (Lipinski definition) is 1. The molecule has 30 heavy (non-hydrogen) atoms. The number of aliphatic imine (C=N–C) groups is 1. The fourth-order valence-electron chi connectivity index (χ4n) is 3.69. The van der Waals surface area contributed by atoms with E-state index in [0.717, 1.165) is 34.0 Å². The number of nitrogens with zero attached hydrogens (tertiary/aromatic N) is 4. The van der Waals surface area contributed by atoms with Crippen LogP contribution in [0.3, 0.4) is 0 Å². The molecule has 1 aliphatic heterocycles. The third-order valence-corrected chi connectivity index (χ3v) is 5.12. The van der Waals surface area contributed by atoms with E-state index in [1.54, 1.807) is 4.68 Å². The molecule has 0 saturated carbocycles. The fourth-order valence-corrected chi connectivity index (χ4v) is 3.69. The molecule has 1 aliphatic rings. The van der Waals surface area contributed by atoms with Gasteiger partial charge in [0.2, 0.25) is 0 Å². The number of carbonyl (C=O) groups excluding carboxylic acids is 1. The minimum Gasteiger partial charge on any atom is -0.334 e. The Bertz CT molecular complexity index is 1140. The average molecular weight is 402 g/mol. The van der Waals surface area contributed by atoms with E-state index in [-0.39, 0.29) is 11.4 Å². The van der Waals surface area contributed by atoms with Gasteiger partial charge in [-0.05, 0) is 70.5 Å². The lowest BCUT2D eigenvalue weighted by Gasteiger charge is -2.29. The zero-order chi connectivity index (χ0) is 21.5. The number of aryl methyl sites for hydroxylation is 2. The molecule has 0 spiro atoms. The number of benzene rings is 2. The summed E-state index contributed by atoms with van der Waals surface area (Å²) in [7, 11) is 0. The lowest BCUT2D eigenvalue weighted by Crippen LogP contribution is -2.29. The zero-order valence-corrected chi connectivity index (χ0v) is 18.1. The lowest BCUT2D eigenvalue weighted by atomic mass is 10.1. The van der Waals surface area contributed by atoms with E-state index in [0.29, 0.717) is 12.2 Å². The van der Waals surface area contributed by atoms with Gasteiger partial charge in [-0.3, -0.25) is 14.5 Å². The van der Waals surface area contributed by atoms with Gasteiger partial charge in [-0.15, -0.1) is 0 Å². The highest BCUT2D eigenvalue weighted by atomic mass is 16.2. The van der Waals surface area contributed by atoms with Crippen molar-refractivity contribution >= 4 is 34.9 Å². The molecule has 0 unspecified atom stereocenters. The molecule has 0 fully saturated rings. The first kappa shape index (κ1) is 19.9. The number of para-hydroxylation sites is 2. The monoisotopic (exact) mass is 401 g/mol. The highest BCUT2D eigenvalue weighted by Crippen LogP contribution is 2.38. The van der Waals surface area contributed by atoms with Gasteiger partial charge < -0.3 is 10.2 Å². The molecule has 0 radical (unpaired) electrons. The smallest absolute Gasteiger partial charge is 0.273 e. The van der Waals surface area contributed by atoms with E-state index in [9.17, 15) is 4.79 Å². The first-order valence-electron chi connectivity index (χ1n) is 10.1. The minimum absolute atomic E-state index is 0.166. The second-order valence-corrected chi connectivity index (χ2v) is 8.62. The van der Waals surface area contributed by atoms with E-state index < -0.39 is 0 Å². The van der Waals surface area contributed by atoms with Crippen LogP contribution in [0.1, 0.15) is 42.5 Å². The van der Waals surface area contributed by atoms with Gasteiger partial charge in [0.25, 0.3) is 5.91 Å². The maximum atomic E-state index is 13.1. The third-order valence-electron chi connectivity index (χ3n) is 5.12. The molecular formula is C24H27N5O. The van der Waals surface area contributed by atoms with E-state index >= 15 is 0 Å². The Labute approximate surface area is 177 Å². The Morgan fingerprint density at radius 2 is 1.80 bits per heavy atom. The van der Waals surface area contributed by atoms with Gasteiger partial charge in [-0.25, -0.2) is 0 Å². The van der Waals surface area contributed by atoms with Gasteiger partial charge in [0, 0.05) is 17.6 Å². The average Bonchev–Trinajstić information content (AvgIpc) is 3.11. The normalized spacial score (nSPS) is 13.3. The van der Waals surface area contributed by atoms with Gasteiger partial charge in [-0.2, -0.15) is 5.10 Å². The summed E-state index contributed by atoms with van der Waals surface area (Å²) in [6, 6.07) is 15.9. The largest absolute Gasteiger partial charge is 0.334 e. The van der Waals surface area contributed by atoms with Crippen molar-refractivity contribution in [3.8, 4) is 0 Å². The van der Waals surface area contributed by atoms with Crippen molar-refractivity contribution in [3.63, 3.8) is 0 Å². The quantitative estimate of drug-likeness (QED) is 0.642. The van der Waals surface area contributed by atoms with E-state index in [4.69, 9.17) is 0 Å². The molecule has 6 nitrogen and oxygen atoms in total. The summed E-state index contributed by atoms with van der Waals surface area (Å²) in [6.45, 7) is 10.8. The van der Waals surface area contributed by atoms with Gasteiger partial charge in [-0.1, -0.05) is 18.2 Å². The summed E-state index contributed by atoms with van der Waals surface area (Å²) in [5.74, 6) is -0.166. The molecule has 3 aromatic rings. The zero-order valence-electron chi connectivity index (χ0n) is 18.1. The number of aromatic nitrogens is 2. The van der Waals surface area contributed by atoms with Crippen LogP contribution in [0.15, 0.2) is 53.5 Å². The van der Waals surface area contributed by atoms with Crippen molar-refractivity contribution in [1.82, 2.24) is 9.78 Å². The topological polar surface area (TPSA) is 62.5 Å². The first-order valence-corrected chi connectivity index (χ1v) is 10.1. The third kappa shape index (κ3) is 3.73. The van der Waals surface area contributed by atoms with Gasteiger partial charge in [0.05, 0.1) is 29.2 Å². The standard InChI is InChI=1S/C24H27N5O/c1-16-10-11-18(26-23(30)22-14-17(2)27-29(22)24(3,4)5)15-21(16)28-13-12-25-19-8-6-7-9-20(19)28/h6-12,14-15H,13H2,1-5H3,(H,26,30). The highest BCUT2D eigenvalue weighted by molar-refractivity contribution is 6.03. The van der Waals surface area contributed by atoms with Crippen LogP contribution >= 0.6 is 0 Å². The molecule has 6 heteroatoms. The predicted molar refractivity (Wildman–Crippen MR) is 123 cm³/mol. The van der Waals surface area contributed by atoms with Crippen molar-refractivity contribution in [3.05, 3.63) is 65.5 Å². The number of carbonyl (C=O) groups is 1. The van der Waals surface area contributed by atoms with Gasteiger partial charge in [0.1, 0.15) is 5.69 Å². The van der Waals surface area contributed by atoms with E-state index in [1.165, 1.54) is 0 Å². The Balaban J connectivity index is 1.66. The van der Waals surface area contributed by atoms with Gasteiger partial charge >= 0.3 is 0 Å². The first-order chi connectivity index (χ1) is 14.2. The summed E-state index contributed by atoms with van der Waals surface area (Å²) in [4.78, 5) is 19.8. The van der Waals surface area contributed by atoms with Crippen LogP contribution in [0, 0.1) is 13.8 Å². The maximum Gasteiger partial charge on any atom is 0.273 e. The predicted octanol–water partition coefficient (Wildman–Crippen LogP) is 5.36. The van der Waals surface area contributed by atoms with Crippen molar-refractivity contribution < 1.29 is 4.79 Å². The molecule has 154 valence electrons. The van der Waals surface area contributed by atoms with Crippen LogP contribution in [0.5, 0.6) is 0 Å². The van der Waals surface area contributed by atoms with Crippen LogP contribution in [-0.2, 0) is 5.54 Å². The Hall–Kier alpha value is -3.41. The fraction of sp³-hybridized carbons (Fsp3) is 0.292. The molecule has 1 amide bonds. The minimum atomic E-state index is -0.282. The molecule has 0 saturated heterocycles. The Morgan fingerprint density at radius 1 is 1.03 bits per heavy atom. The van der Waals surface area contributed by atoms with Crippen molar-refractivity contribution in [2.24, 2.45) is 4.99 Å². The summed E-state index contributed by atoms with van der Waals surface area (Å²) >= 11 is 0. The highest BCUT2D eigenvalue weighted by Gasteiger charge is 2.23.